The number of rotatable bonds is 2. The SMILES string of the molecule is C=CCn1c(=S)[nH]c(=S)c2c3c(oc21)CCC(C)C3. The summed E-state index contributed by atoms with van der Waals surface area (Å²) in [5.41, 5.74) is 2.07. The fraction of sp³-hybridized carbons (Fsp3) is 0.429. The number of H-pyrrole nitrogens is 1. The van der Waals surface area contributed by atoms with Gasteiger partial charge < -0.3 is 9.40 Å². The smallest absolute Gasteiger partial charge is 0.212 e. The highest BCUT2D eigenvalue weighted by atomic mass is 32.1. The van der Waals surface area contributed by atoms with E-state index in [1.165, 1.54) is 12.0 Å². The van der Waals surface area contributed by atoms with Crippen LogP contribution in [0.15, 0.2) is 17.1 Å². The van der Waals surface area contributed by atoms with E-state index in [0.29, 0.717) is 21.9 Å². The lowest BCUT2D eigenvalue weighted by atomic mass is 9.88. The lowest BCUT2D eigenvalue weighted by molar-refractivity contribution is 0.431. The Labute approximate surface area is 121 Å². The molecule has 0 spiro atoms. The van der Waals surface area contributed by atoms with E-state index in [2.05, 4.69) is 18.5 Å². The molecule has 2 aromatic rings. The van der Waals surface area contributed by atoms with Gasteiger partial charge in [-0.2, -0.15) is 0 Å². The van der Waals surface area contributed by atoms with Gasteiger partial charge in [0.1, 0.15) is 10.4 Å². The van der Waals surface area contributed by atoms with E-state index in [-0.39, 0.29) is 0 Å². The molecule has 0 aromatic carbocycles. The van der Waals surface area contributed by atoms with Crippen LogP contribution in [0.25, 0.3) is 11.1 Å². The molecule has 1 unspecified atom stereocenters. The van der Waals surface area contributed by atoms with Crippen LogP contribution in [0.2, 0.25) is 0 Å². The quantitative estimate of drug-likeness (QED) is 0.660. The first-order valence-corrected chi connectivity index (χ1v) is 7.31. The Kier molecular flexibility index (Phi) is 3.19. The van der Waals surface area contributed by atoms with Crippen molar-refractivity contribution in [3.63, 3.8) is 0 Å². The van der Waals surface area contributed by atoms with Gasteiger partial charge in [0, 0.05) is 18.5 Å². The average Bonchev–Trinajstić information content (AvgIpc) is 2.73. The number of hydrogen-bond acceptors (Lipinski definition) is 3. The third kappa shape index (κ3) is 2.01. The molecule has 19 heavy (non-hydrogen) atoms. The molecule has 100 valence electrons. The van der Waals surface area contributed by atoms with Gasteiger partial charge in [0.15, 0.2) is 4.77 Å². The van der Waals surface area contributed by atoms with Crippen LogP contribution < -0.4 is 0 Å². The molecule has 0 amide bonds. The maximum atomic E-state index is 6.05. The number of allylic oxidation sites excluding steroid dienone is 1. The summed E-state index contributed by atoms with van der Waals surface area (Å²) in [5.74, 6) is 1.75. The first-order valence-electron chi connectivity index (χ1n) is 6.50. The number of aromatic nitrogens is 2. The Morgan fingerprint density at radius 1 is 1.53 bits per heavy atom. The van der Waals surface area contributed by atoms with Crippen molar-refractivity contribution in [2.24, 2.45) is 5.92 Å². The zero-order valence-corrected chi connectivity index (χ0v) is 12.5. The second-order valence-corrected chi connectivity index (χ2v) is 5.99. The minimum Gasteiger partial charge on any atom is -0.444 e. The molecule has 1 N–H and O–H groups in total. The summed E-state index contributed by atoms with van der Waals surface area (Å²) in [6.45, 7) is 6.67. The highest BCUT2D eigenvalue weighted by Crippen LogP contribution is 2.34. The normalized spacial score (nSPS) is 18.5. The van der Waals surface area contributed by atoms with Gasteiger partial charge in [0.2, 0.25) is 5.71 Å². The van der Waals surface area contributed by atoms with Crippen molar-refractivity contribution >= 4 is 35.5 Å². The average molecular weight is 292 g/mol. The molecule has 0 fully saturated rings. The standard InChI is InChI=1S/C14H16N2OS2/c1-3-6-16-13-11(12(18)15-14(16)19)9-7-8(2)4-5-10(9)17-13/h3,8H,1,4-7H2,2H3,(H,15,18,19). The largest absolute Gasteiger partial charge is 0.444 e. The van der Waals surface area contributed by atoms with Crippen molar-refractivity contribution in [1.29, 1.82) is 0 Å². The number of aryl methyl sites for hydroxylation is 1. The van der Waals surface area contributed by atoms with E-state index in [0.717, 1.165) is 29.7 Å². The summed E-state index contributed by atoms with van der Waals surface area (Å²) in [5, 5.41) is 1.03. The lowest BCUT2D eigenvalue weighted by Gasteiger charge is -2.16. The summed E-state index contributed by atoms with van der Waals surface area (Å²) in [7, 11) is 0. The molecule has 2 heterocycles. The van der Waals surface area contributed by atoms with E-state index < -0.39 is 0 Å². The predicted molar refractivity (Wildman–Crippen MR) is 81.6 cm³/mol. The molecule has 3 rings (SSSR count). The molecule has 2 aromatic heterocycles. The highest BCUT2D eigenvalue weighted by molar-refractivity contribution is 7.72. The lowest BCUT2D eigenvalue weighted by Crippen LogP contribution is -2.09. The first-order chi connectivity index (χ1) is 9.11. The Hall–Kier alpha value is -1.20. The minimum absolute atomic E-state index is 0.594. The third-order valence-electron chi connectivity index (χ3n) is 3.74. The molecule has 3 nitrogen and oxygen atoms in total. The molecule has 1 aliphatic rings. The Balaban J connectivity index is 2.38. The Morgan fingerprint density at radius 3 is 3.05 bits per heavy atom. The molecule has 0 aliphatic heterocycles. The zero-order chi connectivity index (χ0) is 13.6. The molecule has 1 atom stereocenters. The van der Waals surface area contributed by atoms with Crippen LogP contribution in [-0.2, 0) is 19.4 Å². The molecule has 0 bridgehead atoms. The Bertz CT molecular complexity index is 766. The van der Waals surface area contributed by atoms with Gasteiger partial charge in [-0.25, -0.2) is 0 Å². The molecule has 0 radical (unpaired) electrons. The van der Waals surface area contributed by atoms with Crippen molar-refractivity contribution < 1.29 is 4.42 Å². The van der Waals surface area contributed by atoms with Gasteiger partial charge in [-0.15, -0.1) is 6.58 Å². The van der Waals surface area contributed by atoms with Crippen LogP contribution in [0.3, 0.4) is 0 Å². The summed E-state index contributed by atoms with van der Waals surface area (Å²) < 4.78 is 9.26. The van der Waals surface area contributed by atoms with Crippen LogP contribution >= 0.6 is 24.4 Å². The predicted octanol–water partition coefficient (Wildman–Crippen LogP) is 4.33. The number of aromatic amines is 1. The molecule has 0 saturated carbocycles. The topological polar surface area (TPSA) is 33.9 Å². The second kappa shape index (κ2) is 4.72. The summed E-state index contributed by atoms with van der Waals surface area (Å²) >= 11 is 10.8. The highest BCUT2D eigenvalue weighted by Gasteiger charge is 2.24. The number of nitrogens with one attached hydrogen (secondary N) is 1. The first kappa shape index (κ1) is 12.8. The van der Waals surface area contributed by atoms with Crippen molar-refractivity contribution in [1.82, 2.24) is 9.55 Å². The Morgan fingerprint density at radius 2 is 2.32 bits per heavy atom. The van der Waals surface area contributed by atoms with Crippen molar-refractivity contribution in [3.8, 4) is 0 Å². The van der Waals surface area contributed by atoms with Gasteiger partial charge >= 0.3 is 0 Å². The van der Waals surface area contributed by atoms with E-state index in [4.69, 9.17) is 28.9 Å². The summed E-state index contributed by atoms with van der Waals surface area (Å²) in [4.78, 5) is 3.10. The number of nitrogens with zero attached hydrogens (tertiary/aromatic N) is 1. The van der Waals surface area contributed by atoms with Gasteiger partial charge in [0.25, 0.3) is 0 Å². The van der Waals surface area contributed by atoms with Crippen molar-refractivity contribution in [3.05, 3.63) is 33.4 Å². The van der Waals surface area contributed by atoms with Crippen LogP contribution in [0.1, 0.15) is 24.7 Å². The fourth-order valence-electron chi connectivity index (χ4n) is 2.78. The van der Waals surface area contributed by atoms with E-state index in [1.54, 1.807) is 0 Å². The van der Waals surface area contributed by atoms with Gasteiger partial charge in [-0.3, -0.25) is 4.57 Å². The van der Waals surface area contributed by atoms with E-state index in [9.17, 15) is 0 Å². The van der Waals surface area contributed by atoms with Gasteiger partial charge in [0.05, 0.1) is 5.39 Å². The second-order valence-electron chi connectivity index (χ2n) is 5.19. The van der Waals surface area contributed by atoms with Crippen LogP contribution in [0, 0.1) is 15.3 Å². The number of furan rings is 1. The van der Waals surface area contributed by atoms with Crippen LogP contribution in [0.5, 0.6) is 0 Å². The molecular weight excluding hydrogens is 276 g/mol. The minimum atomic E-state index is 0.594. The maximum absolute atomic E-state index is 6.05. The third-order valence-corrected chi connectivity index (χ3v) is 4.37. The molecule has 5 heteroatoms. The van der Waals surface area contributed by atoms with Gasteiger partial charge in [-0.1, -0.05) is 25.2 Å². The zero-order valence-electron chi connectivity index (χ0n) is 10.9. The number of hydrogen-bond donors (Lipinski definition) is 1. The van der Waals surface area contributed by atoms with Crippen molar-refractivity contribution in [2.75, 3.05) is 0 Å². The van der Waals surface area contributed by atoms with Crippen LogP contribution in [0.4, 0.5) is 0 Å². The summed E-state index contributed by atoms with van der Waals surface area (Å²) in [6, 6.07) is 0. The summed E-state index contributed by atoms with van der Waals surface area (Å²) in [6.07, 6.45) is 5.01. The van der Waals surface area contributed by atoms with E-state index >= 15 is 0 Å². The molecule has 0 saturated heterocycles. The number of fused-ring (bicyclic) bond motifs is 3. The van der Waals surface area contributed by atoms with E-state index in [1.807, 2.05) is 10.6 Å². The van der Waals surface area contributed by atoms with Crippen molar-refractivity contribution in [2.45, 2.75) is 32.7 Å². The monoisotopic (exact) mass is 292 g/mol. The maximum Gasteiger partial charge on any atom is 0.212 e. The fourth-order valence-corrected chi connectivity index (χ4v) is 3.41. The molecular formula is C14H16N2OS2. The van der Waals surface area contributed by atoms with Crippen LogP contribution in [-0.4, -0.2) is 9.55 Å². The molecule has 1 aliphatic carbocycles. The van der Waals surface area contributed by atoms with Gasteiger partial charge in [-0.05, 0) is 31.0 Å².